The van der Waals surface area contributed by atoms with Gasteiger partial charge in [-0.3, -0.25) is 4.79 Å². The van der Waals surface area contributed by atoms with Gasteiger partial charge in [0.25, 0.3) is 0 Å². The maximum absolute atomic E-state index is 13.4. The van der Waals surface area contributed by atoms with Gasteiger partial charge in [-0.1, -0.05) is 54.2 Å². The first-order chi connectivity index (χ1) is 15.8. The number of hydrogen-bond donors (Lipinski definition) is 0. The second-order valence-electron chi connectivity index (χ2n) is 13.2. The number of amides is 1. The van der Waals surface area contributed by atoms with Crippen molar-refractivity contribution in [3.05, 3.63) is 23.9 Å². The molecule has 1 amide bonds. The van der Waals surface area contributed by atoms with Gasteiger partial charge in [-0.05, 0) is 62.1 Å². The molecular formula is C27H49NO5Si2. The smallest absolute Gasteiger partial charge is 0.355 e. The van der Waals surface area contributed by atoms with E-state index in [1.54, 1.807) is 11.0 Å². The molecule has 0 N–H and O–H groups in total. The largest absolute Gasteiger partial charge is 0.457 e. The molecule has 2 aliphatic rings. The van der Waals surface area contributed by atoms with Crippen LogP contribution in [0.5, 0.6) is 0 Å². The quantitative estimate of drug-likeness (QED) is 0.146. The van der Waals surface area contributed by atoms with Crippen LogP contribution in [0.4, 0.5) is 0 Å². The average molecular weight is 524 g/mol. The zero-order valence-electron chi connectivity index (χ0n) is 24.2. The highest BCUT2D eigenvalue weighted by Crippen LogP contribution is 2.50. The Morgan fingerprint density at radius 2 is 1.63 bits per heavy atom. The summed E-state index contributed by atoms with van der Waals surface area (Å²) in [6.45, 7) is 30.6. The Hall–Kier alpha value is -1.23. The van der Waals surface area contributed by atoms with E-state index in [9.17, 15) is 9.59 Å². The molecule has 0 spiro atoms. The van der Waals surface area contributed by atoms with Crippen LogP contribution >= 0.6 is 0 Å². The van der Waals surface area contributed by atoms with Gasteiger partial charge in [-0.2, -0.15) is 0 Å². The summed E-state index contributed by atoms with van der Waals surface area (Å²) < 4.78 is 18.5. The lowest BCUT2D eigenvalue weighted by Gasteiger charge is -2.50. The number of rotatable bonds is 10. The van der Waals surface area contributed by atoms with Crippen LogP contribution in [0.1, 0.15) is 61.8 Å². The van der Waals surface area contributed by atoms with Crippen molar-refractivity contribution >= 4 is 28.5 Å². The van der Waals surface area contributed by atoms with Gasteiger partial charge in [0.15, 0.2) is 16.6 Å². The van der Waals surface area contributed by atoms with Crippen molar-refractivity contribution in [1.82, 2.24) is 4.90 Å². The Balaban J connectivity index is 2.30. The minimum absolute atomic E-state index is 0.0409. The fraction of sp³-hybridized carbons (Fsp3) is 0.778. The summed E-state index contributed by atoms with van der Waals surface area (Å²) in [5.41, 5.74) is 1.31. The molecule has 2 aliphatic heterocycles. The average Bonchev–Trinajstić information content (AvgIpc) is 2.92. The second-order valence-corrected chi connectivity index (χ2v) is 22.8. The van der Waals surface area contributed by atoms with E-state index < -0.39 is 22.6 Å². The van der Waals surface area contributed by atoms with Gasteiger partial charge in [0.2, 0.25) is 5.91 Å². The molecule has 8 heteroatoms. The zero-order valence-corrected chi connectivity index (χ0v) is 26.2. The summed E-state index contributed by atoms with van der Waals surface area (Å²) in [4.78, 5) is 28.0. The Morgan fingerprint density at radius 3 is 2.11 bits per heavy atom. The lowest BCUT2D eigenvalue weighted by atomic mass is 9.76. The van der Waals surface area contributed by atoms with Gasteiger partial charge in [0.05, 0.1) is 18.1 Å². The summed E-state index contributed by atoms with van der Waals surface area (Å²) in [6.07, 6.45) is 2.08. The van der Waals surface area contributed by atoms with Crippen LogP contribution in [0.15, 0.2) is 23.9 Å². The molecule has 4 atom stereocenters. The Morgan fingerprint density at radius 1 is 1.09 bits per heavy atom. The van der Waals surface area contributed by atoms with E-state index in [-0.39, 0.29) is 46.6 Å². The van der Waals surface area contributed by atoms with Crippen LogP contribution in [0.25, 0.3) is 0 Å². The summed E-state index contributed by atoms with van der Waals surface area (Å²) in [6, 6.07) is -0.100. The molecule has 0 aliphatic carbocycles. The normalized spacial score (nSPS) is 24.3. The van der Waals surface area contributed by atoms with E-state index in [0.717, 1.165) is 12.0 Å². The molecule has 0 aromatic heterocycles. The first-order valence-corrected chi connectivity index (χ1v) is 18.7. The van der Waals surface area contributed by atoms with Gasteiger partial charge in [-0.25, -0.2) is 4.79 Å². The highest BCUT2D eigenvalue weighted by Gasteiger charge is 2.61. The highest BCUT2D eigenvalue weighted by molar-refractivity contribution is 6.74. The molecule has 35 heavy (non-hydrogen) atoms. The third-order valence-electron chi connectivity index (χ3n) is 8.79. The standard InChI is InChI=1S/C27H49NO5Si2/c1-14-16-31-25(30)22-18(2)20(15-17-32-34(10,11)26(4,5)6)23-21(24(29)28(22)23)19(3)33-35(12,13)27(7,8)9/h14,19-21,23H,1,15-17H2,2-13H3/t19-,20-,21-,23-/m1/s1. The molecule has 1 fully saturated rings. The van der Waals surface area contributed by atoms with Crippen molar-refractivity contribution < 1.29 is 23.2 Å². The monoisotopic (exact) mass is 523 g/mol. The molecule has 6 nitrogen and oxygen atoms in total. The fourth-order valence-corrected chi connectivity index (χ4v) is 7.03. The van der Waals surface area contributed by atoms with E-state index in [1.165, 1.54) is 0 Å². The number of carbonyl (C=O) groups is 2. The number of esters is 1. The van der Waals surface area contributed by atoms with Gasteiger partial charge in [0.1, 0.15) is 12.3 Å². The van der Waals surface area contributed by atoms with E-state index in [4.69, 9.17) is 13.6 Å². The number of fused-ring (bicyclic) bond motifs is 1. The van der Waals surface area contributed by atoms with Crippen molar-refractivity contribution in [2.45, 2.75) is 110 Å². The van der Waals surface area contributed by atoms with Crippen molar-refractivity contribution in [2.75, 3.05) is 13.2 Å². The van der Waals surface area contributed by atoms with Crippen LogP contribution in [-0.4, -0.2) is 58.8 Å². The predicted octanol–water partition coefficient (Wildman–Crippen LogP) is 6.27. The summed E-state index contributed by atoms with van der Waals surface area (Å²) in [5.74, 6) is -0.732. The summed E-state index contributed by atoms with van der Waals surface area (Å²) in [5, 5.41) is 0.174. The second kappa shape index (κ2) is 10.3. The Bertz CT molecular complexity index is 866. The molecular weight excluding hydrogens is 474 g/mol. The molecule has 0 aromatic rings. The zero-order chi connectivity index (χ0) is 27.1. The molecule has 0 bridgehead atoms. The summed E-state index contributed by atoms with van der Waals surface area (Å²) in [7, 11) is -3.96. The Kier molecular flexibility index (Phi) is 8.80. The number of β-lactam (4-membered cyclic amide) rings is 1. The van der Waals surface area contributed by atoms with Gasteiger partial charge < -0.3 is 18.5 Å². The number of hydrogen-bond acceptors (Lipinski definition) is 5. The third kappa shape index (κ3) is 5.86. The topological polar surface area (TPSA) is 65.1 Å². The fourth-order valence-electron chi connectivity index (χ4n) is 4.54. The molecule has 200 valence electrons. The number of nitrogens with zero attached hydrogens (tertiary/aromatic N) is 1. The first kappa shape index (κ1) is 30.0. The first-order valence-electron chi connectivity index (χ1n) is 12.9. The van der Waals surface area contributed by atoms with E-state index in [2.05, 4.69) is 74.3 Å². The van der Waals surface area contributed by atoms with Gasteiger partial charge in [-0.15, -0.1) is 0 Å². The van der Waals surface area contributed by atoms with Crippen molar-refractivity contribution in [2.24, 2.45) is 11.8 Å². The molecule has 0 unspecified atom stereocenters. The highest BCUT2D eigenvalue weighted by atomic mass is 28.4. The maximum Gasteiger partial charge on any atom is 0.355 e. The van der Waals surface area contributed by atoms with Gasteiger partial charge in [0, 0.05) is 12.5 Å². The van der Waals surface area contributed by atoms with Crippen molar-refractivity contribution in [3.8, 4) is 0 Å². The van der Waals surface area contributed by atoms with Gasteiger partial charge >= 0.3 is 5.97 Å². The predicted molar refractivity (Wildman–Crippen MR) is 147 cm³/mol. The van der Waals surface area contributed by atoms with Crippen LogP contribution in [0, 0.1) is 11.8 Å². The van der Waals surface area contributed by atoms with E-state index >= 15 is 0 Å². The maximum atomic E-state index is 13.4. The number of carbonyl (C=O) groups excluding carboxylic acids is 2. The minimum atomic E-state index is -2.06. The van der Waals surface area contributed by atoms with Crippen molar-refractivity contribution in [3.63, 3.8) is 0 Å². The van der Waals surface area contributed by atoms with Crippen molar-refractivity contribution in [1.29, 1.82) is 0 Å². The molecule has 0 saturated carbocycles. The van der Waals surface area contributed by atoms with Crippen LogP contribution in [0.2, 0.25) is 36.3 Å². The minimum Gasteiger partial charge on any atom is -0.457 e. The number of ether oxygens (including phenoxy) is 1. The van der Waals surface area contributed by atoms with Crippen LogP contribution < -0.4 is 0 Å². The lowest BCUT2D eigenvalue weighted by Crippen LogP contribution is -2.65. The third-order valence-corrected chi connectivity index (χ3v) is 17.9. The summed E-state index contributed by atoms with van der Waals surface area (Å²) >= 11 is 0. The van der Waals surface area contributed by atoms with E-state index in [1.807, 2.05) is 13.8 Å². The molecule has 2 heterocycles. The molecule has 0 aromatic carbocycles. The van der Waals surface area contributed by atoms with Crippen LogP contribution in [0.3, 0.4) is 0 Å². The molecule has 2 rings (SSSR count). The SMILES string of the molecule is C=CCOC(=O)C1=C(C)[C@@H](CCO[Si](C)(C)C(C)(C)C)[C@@H]2[C@@H]([C@@H](C)O[Si](C)(C)C(C)(C)C)C(=O)N12. The lowest BCUT2D eigenvalue weighted by molar-refractivity contribution is -0.163. The van der Waals surface area contributed by atoms with E-state index in [0.29, 0.717) is 12.3 Å². The molecule has 1 saturated heterocycles. The van der Waals surface area contributed by atoms with Crippen LogP contribution in [-0.2, 0) is 23.2 Å². The molecule has 0 radical (unpaired) electrons. The Labute approximate surface area is 215 Å².